The third kappa shape index (κ3) is 4.02. The summed E-state index contributed by atoms with van der Waals surface area (Å²) in [5.41, 5.74) is 8.92. The van der Waals surface area contributed by atoms with Crippen molar-refractivity contribution in [1.29, 1.82) is 0 Å². The van der Waals surface area contributed by atoms with Crippen molar-refractivity contribution in [3.8, 4) is 0 Å². The van der Waals surface area contributed by atoms with Crippen molar-refractivity contribution in [2.45, 2.75) is 25.3 Å². The topological polar surface area (TPSA) is 125 Å². The third-order valence-corrected chi connectivity index (χ3v) is 5.52. The zero-order valence-electron chi connectivity index (χ0n) is 17.1. The zero-order chi connectivity index (χ0) is 22.1. The molecule has 31 heavy (non-hydrogen) atoms. The van der Waals surface area contributed by atoms with Gasteiger partial charge in [-0.25, -0.2) is 0 Å². The number of nitrogens with zero attached hydrogens (tertiary/aromatic N) is 2. The highest BCUT2D eigenvalue weighted by Crippen LogP contribution is 2.28. The maximum atomic E-state index is 13.0. The number of aliphatic hydroxyl groups is 1. The minimum Gasteiger partial charge on any atom is -0.380 e. The van der Waals surface area contributed by atoms with Crippen molar-refractivity contribution in [1.82, 2.24) is 4.90 Å². The summed E-state index contributed by atoms with van der Waals surface area (Å²) in [5.74, 6) is -1.38. The normalized spacial score (nSPS) is 19.4. The van der Waals surface area contributed by atoms with Crippen molar-refractivity contribution in [3.05, 3.63) is 59.2 Å². The van der Waals surface area contributed by atoms with E-state index in [0.717, 1.165) is 11.1 Å². The molecule has 9 heteroatoms. The largest absolute Gasteiger partial charge is 0.380 e. The van der Waals surface area contributed by atoms with Crippen LogP contribution in [-0.4, -0.2) is 60.1 Å². The van der Waals surface area contributed by atoms with Gasteiger partial charge in [-0.3, -0.25) is 14.4 Å². The summed E-state index contributed by atoms with van der Waals surface area (Å²) in [6, 6.07) is 12.1. The van der Waals surface area contributed by atoms with Crippen LogP contribution >= 0.6 is 0 Å². The van der Waals surface area contributed by atoms with Crippen LogP contribution < -0.4 is 16.0 Å². The Morgan fingerprint density at radius 1 is 1.26 bits per heavy atom. The maximum Gasteiger partial charge on any atom is 0.259 e. The van der Waals surface area contributed by atoms with Gasteiger partial charge in [-0.15, -0.1) is 0 Å². The first-order valence-electron chi connectivity index (χ1n) is 9.98. The van der Waals surface area contributed by atoms with Gasteiger partial charge in [0.05, 0.1) is 6.61 Å². The Hall–Kier alpha value is -3.27. The van der Waals surface area contributed by atoms with Crippen molar-refractivity contribution in [2.75, 3.05) is 30.4 Å². The lowest BCUT2D eigenvalue weighted by Gasteiger charge is -2.34. The second-order valence-corrected chi connectivity index (χ2v) is 7.62. The summed E-state index contributed by atoms with van der Waals surface area (Å²) in [7, 11) is 1.72. The highest BCUT2D eigenvalue weighted by Gasteiger charge is 2.40. The minimum absolute atomic E-state index is 0.103. The zero-order valence-corrected chi connectivity index (χ0v) is 17.1. The van der Waals surface area contributed by atoms with Crippen molar-refractivity contribution < 1.29 is 24.2 Å². The van der Waals surface area contributed by atoms with Gasteiger partial charge in [0.2, 0.25) is 0 Å². The number of benzene rings is 2. The Morgan fingerprint density at radius 2 is 2.00 bits per heavy atom. The van der Waals surface area contributed by atoms with E-state index in [9.17, 15) is 19.5 Å². The van der Waals surface area contributed by atoms with Gasteiger partial charge in [0.25, 0.3) is 17.7 Å². The molecule has 2 heterocycles. The molecule has 2 aliphatic heterocycles. The molecule has 2 atom stereocenters. The Bertz CT molecular complexity index is 1020. The Kier molecular flexibility index (Phi) is 5.73. The minimum atomic E-state index is -1.69. The molecule has 9 nitrogen and oxygen atoms in total. The number of aliphatic hydroxyl groups excluding tert-OH is 1. The number of hydrogen-bond donors (Lipinski definition) is 3. The molecule has 1 saturated heterocycles. The second-order valence-electron chi connectivity index (χ2n) is 7.62. The molecule has 2 aromatic carbocycles. The standard InChI is InChI=1S/C22H24N4O5/c1-25-12-14-4-7-16(10-17(14)21(25)29)26-8-9-31-19(22(26)30)18(27)20(28)24-15-5-2-13(11-23)3-6-15/h2-7,10,18-19,27H,8-9,11-12,23H2,1H3,(H,24,28)/t18?,19-/m1/s1. The molecule has 0 aromatic heterocycles. The quantitative estimate of drug-likeness (QED) is 0.641. The fourth-order valence-corrected chi connectivity index (χ4v) is 3.77. The molecule has 0 bridgehead atoms. The van der Waals surface area contributed by atoms with E-state index in [1.807, 2.05) is 6.07 Å². The number of nitrogens with two attached hydrogens (primary N) is 1. The third-order valence-electron chi connectivity index (χ3n) is 5.52. The van der Waals surface area contributed by atoms with Crippen LogP contribution in [-0.2, 0) is 27.4 Å². The van der Waals surface area contributed by atoms with Gasteiger partial charge in [-0.05, 0) is 35.4 Å². The van der Waals surface area contributed by atoms with Gasteiger partial charge in [0, 0.05) is 43.6 Å². The van der Waals surface area contributed by atoms with E-state index in [4.69, 9.17) is 10.5 Å². The molecule has 1 unspecified atom stereocenters. The molecule has 0 spiro atoms. The SMILES string of the molecule is CN1Cc2ccc(N3CCO[C@H](C(O)C(=O)Nc4ccc(CN)cc4)C3=O)cc2C1=O. The number of hydrogen-bond acceptors (Lipinski definition) is 6. The molecule has 1 fully saturated rings. The van der Waals surface area contributed by atoms with Gasteiger partial charge in [0.15, 0.2) is 12.2 Å². The average molecular weight is 424 g/mol. The van der Waals surface area contributed by atoms with Crippen LogP contribution in [0, 0.1) is 0 Å². The van der Waals surface area contributed by atoms with Crippen molar-refractivity contribution in [2.24, 2.45) is 5.73 Å². The molecule has 4 N–H and O–H groups in total. The average Bonchev–Trinajstić information content (AvgIpc) is 3.07. The summed E-state index contributed by atoms with van der Waals surface area (Å²) >= 11 is 0. The Balaban J connectivity index is 1.48. The van der Waals surface area contributed by atoms with Crippen LogP contribution in [0.3, 0.4) is 0 Å². The number of carbonyl (C=O) groups is 3. The van der Waals surface area contributed by atoms with Gasteiger partial charge in [-0.2, -0.15) is 0 Å². The monoisotopic (exact) mass is 424 g/mol. The number of rotatable bonds is 5. The van der Waals surface area contributed by atoms with Gasteiger partial charge in [-0.1, -0.05) is 18.2 Å². The first kappa shape index (κ1) is 21.0. The number of nitrogens with one attached hydrogen (secondary N) is 1. The fraction of sp³-hybridized carbons (Fsp3) is 0.318. The summed E-state index contributed by atoms with van der Waals surface area (Å²) < 4.78 is 5.44. The number of anilines is 2. The van der Waals surface area contributed by atoms with E-state index in [1.165, 1.54) is 4.90 Å². The second kappa shape index (κ2) is 8.46. The number of fused-ring (bicyclic) bond motifs is 1. The lowest BCUT2D eigenvalue weighted by atomic mass is 10.1. The van der Waals surface area contributed by atoms with Crippen LogP contribution in [0.4, 0.5) is 11.4 Å². The van der Waals surface area contributed by atoms with Crippen LogP contribution in [0.2, 0.25) is 0 Å². The number of amides is 3. The van der Waals surface area contributed by atoms with Crippen molar-refractivity contribution >= 4 is 29.1 Å². The van der Waals surface area contributed by atoms with Gasteiger partial charge < -0.3 is 30.7 Å². The summed E-state index contributed by atoms with van der Waals surface area (Å²) in [4.78, 5) is 40.8. The van der Waals surface area contributed by atoms with Gasteiger partial charge >= 0.3 is 0 Å². The number of morpholine rings is 1. The van der Waals surface area contributed by atoms with Gasteiger partial charge in [0.1, 0.15) is 0 Å². The highest BCUT2D eigenvalue weighted by atomic mass is 16.5. The lowest BCUT2D eigenvalue weighted by Crippen LogP contribution is -2.55. The molecule has 2 aromatic rings. The number of ether oxygens (including phenoxy) is 1. The summed E-state index contributed by atoms with van der Waals surface area (Å²) in [5, 5.41) is 13.1. The van der Waals surface area contributed by atoms with E-state index in [1.54, 1.807) is 48.3 Å². The number of carbonyl (C=O) groups excluding carboxylic acids is 3. The van der Waals surface area contributed by atoms with Crippen molar-refractivity contribution in [3.63, 3.8) is 0 Å². The van der Waals surface area contributed by atoms with E-state index >= 15 is 0 Å². The summed E-state index contributed by atoms with van der Waals surface area (Å²) in [6.45, 7) is 1.31. The predicted molar refractivity (Wildman–Crippen MR) is 113 cm³/mol. The molecule has 0 radical (unpaired) electrons. The van der Waals surface area contributed by atoms with E-state index < -0.39 is 24.0 Å². The Labute approximate surface area is 179 Å². The highest BCUT2D eigenvalue weighted by molar-refractivity contribution is 6.05. The first-order chi connectivity index (χ1) is 14.9. The summed E-state index contributed by atoms with van der Waals surface area (Å²) in [6.07, 6.45) is -3.03. The van der Waals surface area contributed by atoms with E-state index in [-0.39, 0.29) is 19.1 Å². The maximum absolute atomic E-state index is 13.0. The molecule has 0 aliphatic carbocycles. The van der Waals surface area contributed by atoms with Crippen LogP contribution in [0.1, 0.15) is 21.5 Å². The fourth-order valence-electron chi connectivity index (χ4n) is 3.77. The van der Waals surface area contributed by atoms with Crippen LogP contribution in [0.5, 0.6) is 0 Å². The first-order valence-corrected chi connectivity index (χ1v) is 9.98. The van der Waals surface area contributed by atoms with E-state index in [2.05, 4.69) is 5.32 Å². The molecule has 162 valence electrons. The molecule has 2 aliphatic rings. The van der Waals surface area contributed by atoms with E-state index in [0.29, 0.717) is 30.0 Å². The molecule has 4 rings (SSSR count). The molecule has 3 amide bonds. The lowest BCUT2D eigenvalue weighted by molar-refractivity contribution is -0.150. The molecular weight excluding hydrogens is 400 g/mol. The smallest absolute Gasteiger partial charge is 0.259 e. The van der Waals surface area contributed by atoms with Crippen LogP contribution in [0.15, 0.2) is 42.5 Å². The molecule has 0 saturated carbocycles. The molecular formula is C22H24N4O5. The van der Waals surface area contributed by atoms with Crippen LogP contribution in [0.25, 0.3) is 0 Å². The predicted octanol–water partition coefficient (Wildman–Crippen LogP) is 0.462. The Morgan fingerprint density at radius 3 is 2.71 bits per heavy atom.